The maximum Gasteiger partial charge on any atom is 0.223 e. The van der Waals surface area contributed by atoms with E-state index in [2.05, 4.69) is 5.16 Å². The molecule has 1 aliphatic rings. The number of amides is 1. The molecule has 1 amide bonds. The first-order chi connectivity index (χ1) is 14.0. The van der Waals surface area contributed by atoms with E-state index in [1.165, 1.54) is 12.1 Å². The van der Waals surface area contributed by atoms with E-state index in [9.17, 15) is 9.18 Å². The number of rotatable bonds is 8. The zero-order chi connectivity index (χ0) is 20.8. The van der Waals surface area contributed by atoms with Gasteiger partial charge in [-0.3, -0.25) is 4.79 Å². The zero-order valence-corrected chi connectivity index (χ0v) is 17.1. The molecule has 3 rings (SSSR count). The van der Waals surface area contributed by atoms with Gasteiger partial charge in [0.05, 0.1) is 19.4 Å². The van der Waals surface area contributed by atoms with Crippen molar-refractivity contribution in [2.75, 3.05) is 13.7 Å². The number of oxime groups is 1. The summed E-state index contributed by atoms with van der Waals surface area (Å²) in [7, 11) is 1.62. The van der Waals surface area contributed by atoms with E-state index in [4.69, 9.17) is 9.57 Å². The van der Waals surface area contributed by atoms with Gasteiger partial charge in [-0.15, -0.1) is 0 Å². The molecule has 0 saturated heterocycles. The molecule has 0 aliphatic carbocycles. The molecule has 0 aromatic heterocycles. The van der Waals surface area contributed by atoms with Crippen LogP contribution in [0.5, 0.6) is 5.75 Å². The summed E-state index contributed by atoms with van der Waals surface area (Å²) in [5, 5.41) is 4.23. The van der Waals surface area contributed by atoms with Gasteiger partial charge in [0.25, 0.3) is 0 Å². The van der Waals surface area contributed by atoms with Crippen molar-refractivity contribution in [2.45, 2.75) is 39.3 Å². The van der Waals surface area contributed by atoms with Crippen molar-refractivity contribution in [1.82, 2.24) is 4.90 Å². The summed E-state index contributed by atoms with van der Waals surface area (Å²) in [6.45, 7) is 4.75. The SMILES string of the molecule is COc1ccccc1C1=NO[C@H](CN(Cc2cccc(F)c2)C(=O)CC(C)C)C1. The van der Waals surface area contributed by atoms with Gasteiger partial charge in [0.1, 0.15) is 11.6 Å². The number of nitrogens with zero attached hydrogens (tertiary/aromatic N) is 2. The number of carbonyl (C=O) groups excluding carboxylic acids is 1. The molecule has 154 valence electrons. The molecule has 0 spiro atoms. The highest BCUT2D eigenvalue weighted by Gasteiger charge is 2.28. The lowest BCUT2D eigenvalue weighted by Gasteiger charge is -2.26. The normalized spacial score (nSPS) is 15.8. The first kappa shape index (κ1) is 20.8. The fourth-order valence-corrected chi connectivity index (χ4v) is 3.40. The molecule has 1 atom stereocenters. The van der Waals surface area contributed by atoms with Crippen LogP contribution in [-0.4, -0.2) is 36.3 Å². The highest BCUT2D eigenvalue weighted by Crippen LogP contribution is 2.25. The number of benzene rings is 2. The van der Waals surface area contributed by atoms with Crippen LogP contribution in [0.4, 0.5) is 4.39 Å². The second-order valence-electron chi connectivity index (χ2n) is 7.67. The van der Waals surface area contributed by atoms with Crippen LogP contribution >= 0.6 is 0 Å². The summed E-state index contributed by atoms with van der Waals surface area (Å²) in [5.74, 6) is 0.696. The fourth-order valence-electron chi connectivity index (χ4n) is 3.40. The largest absolute Gasteiger partial charge is 0.496 e. The third kappa shape index (κ3) is 5.56. The first-order valence-corrected chi connectivity index (χ1v) is 9.84. The fraction of sp³-hybridized carbons (Fsp3) is 0.391. The van der Waals surface area contributed by atoms with Gasteiger partial charge in [-0.2, -0.15) is 0 Å². The average molecular weight is 398 g/mol. The maximum absolute atomic E-state index is 13.6. The molecule has 1 heterocycles. The van der Waals surface area contributed by atoms with Crippen LogP contribution in [0.2, 0.25) is 0 Å². The molecule has 6 heteroatoms. The van der Waals surface area contributed by atoms with Gasteiger partial charge in [0, 0.05) is 24.9 Å². The summed E-state index contributed by atoms with van der Waals surface area (Å²) >= 11 is 0. The highest BCUT2D eigenvalue weighted by atomic mass is 19.1. The Hall–Kier alpha value is -2.89. The van der Waals surface area contributed by atoms with E-state index in [1.54, 1.807) is 18.1 Å². The minimum absolute atomic E-state index is 0.0265. The van der Waals surface area contributed by atoms with E-state index in [0.29, 0.717) is 25.9 Å². The number of halogens is 1. The number of para-hydroxylation sites is 1. The van der Waals surface area contributed by atoms with Crippen LogP contribution in [0.1, 0.15) is 37.8 Å². The van der Waals surface area contributed by atoms with E-state index in [-0.39, 0.29) is 23.7 Å². The molecule has 5 nitrogen and oxygen atoms in total. The second kappa shape index (κ2) is 9.54. The Morgan fingerprint density at radius 3 is 2.79 bits per heavy atom. The van der Waals surface area contributed by atoms with Gasteiger partial charge >= 0.3 is 0 Å². The van der Waals surface area contributed by atoms with Crippen LogP contribution in [0.3, 0.4) is 0 Å². The highest BCUT2D eigenvalue weighted by molar-refractivity contribution is 6.03. The lowest BCUT2D eigenvalue weighted by Crippen LogP contribution is -2.37. The molecule has 29 heavy (non-hydrogen) atoms. The Kier molecular flexibility index (Phi) is 6.86. The smallest absolute Gasteiger partial charge is 0.223 e. The van der Waals surface area contributed by atoms with E-state index >= 15 is 0 Å². The molecule has 2 aromatic carbocycles. The van der Waals surface area contributed by atoms with Crippen LogP contribution in [0.15, 0.2) is 53.7 Å². The molecule has 0 fully saturated rings. The van der Waals surface area contributed by atoms with Gasteiger partial charge in [-0.25, -0.2) is 4.39 Å². The summed E-state index contributed by atoms with van der Waals surface area (Å²) in [4.78, 5) is 20.2. The van der Waals surface area contributed by atoms with Gasteiger partial charge in [-0.05, 0) is 35.7 Å². The van der Waals surface area contributed by atoms with Crippen LogP contribution < -0.4 is 4.74 Å². The Morgan fingerprint density at radius 1 is 1.28 bits per heavy atom. The zero-order valence-electron chi connectivity index (χ0n) is 17.1. The predicted molar refractivity (Wildman–Crippen MR) is 110 cm³/mol. The van der Waals surface area contributed by atoms with Gasteiger partial charge in [0.2, 0.25) is 5.91 Å². The van der Waals surface area contributed by atoms with Crippen molar-refractivity contribution in [2.24, 2.45) is 11.1 Å². The lowest BCUT2D eigenvalue weighted by molar-refractivity contribution is -0.134. The topological polar surface area (TPSA) is 51.1 Å². The number of hydrogen-bond donors (Lipinski definition) is 0. The molecule has 0 unspecified atom stereocenters. The minimum Gasteiger partial charge on any atom is -0.496 e. The van der Waals surface area contributed by atoms with Crippen molar-refractivity contribution in [1.29, 1.82) is 0 Å². The quantitative estimate of drug-likeness (QED) is 0.662. The molecule has 0 radical (unpaired) electrons. The van der Waals surface area contributed by atoms with E-state index in [1.807, 2.05) is 44.2 Å². The number of methoxy groups -OCH3 is 1. The van der Waals surface area contributed by atoms with Crippen LogP contribution in [0.25, 0.3) is 0 Å². The molecular formula is C23H27FN2O3. The minimum atomic E-state index is -0.308. The van der Waals surface area contributed by atoms with Crippen molar-refractivity contribution in [3.63, 3.8) is 0 Å². The third-order valence-corrected chi connectivity index (χ3v) is 4.77. The van der Waals surface area contributed by atoms with Crippen LogP contribution in [0, 0.1) is 11.7 Å². The summed E-state index contributed by atoms with van der Waals surface area (Å²) in [5.41, 5.74) is 2.45. The van der Waals surface area contributed by atoms with Crippen molar-refractivity contribution in [3.05, 3.63) is 65.5 Å². The Balaban J connectivity index is 1.70. The summed E-state index contributed by atoms with van der Waals surface area (Å²) < 4.78 is 19.0. The molecular weight excluding hydrogens is 371 g/mol. The average Bonchev–Trinajstić information content (AvgIpc) is 3.15. The first-order valence-electron chi connectivity index (χ1n) is 9.84. The van der Waals surface area contributed by atoms with Crippen molar-refractivity contribution in [3.8, 4) is 5.75 Å². The number of hydrogen-bond acceptors (Lipinski definition) is 4. The molecule has 1 aliphatic heterocycles. The molecule has 0 saturated carbocycles. The number of carbonyl (C=O) groups is 1. The van der Waals surface area contributed by atoms with Crippen molar-refractivity contribution < 1.29 is 18.8 Å². The van der Waals surface area contributed by atoms with Gasteiger partial charge in [-0.1, -0.05) is 43.3 Å². The molecule has 0 bridgehead atoms. The molecule has 2 aromatic rings. The van der Waals surface area contributed by atoms with E-state index in [0.717, 1.165) is 22.6 Å². The van der Waals surface area contributed by atoms with Gasteiger partial charge in [0.15, 0.2) is 6.10 Å². The molecule has 0 N–H and O–H groups in total. The summed E-state index contributed by atoms with van der Waals surface area (Å²) in [6, 6.07) is 14.0. The Labute approximate surface area is 171 Å². The maximum atomic E-state index is 13.6. The van der Waals surface area contributed by atoms with Crippen molar-refractivity contribution >= 4 is 11.6 Å². The third-order valence-electron chi connectivity index (χ3n) is 4.77. The Morgan fingerprint density at radius 2 is 2.07 bits per heavy atom. The lowest BCUT2D eigenvalue weighted by atomic mass is 10.0. The predicted octanol–water partition coefficient (Wildman–Crippen LogP) is 4.40. The van der Waals surface area contributed by atoms with Crippen LogP contribution in [-0.2, 0) is 16.2 Å². The van der Waals surface area contributed by atoms with E-state index < -0.39 is 0 Å². The standard InChI is InChI=1S/C23H27FN2O3/c1-16(2)11-23(27)26(14-17-7-6-8-18(24)12-17)15-19-13-21(25-29-19)20-9-4-5-10-22(20)28-3/h4-10,12,16,19H,11,13-15H2,1-3H3/t19-/m0/s1. The number of ether oxygens (including phenoxy) is 1. The second-order valence-corrected chi connectivity index (χ2v) is 7.67. The Bertz CT molecular complexity index is 882. The van der Waals surface area contributed by atoms with Gasteiger partial charge < -0.3 is 14.5 Å². The summed E-state index contributed by atoms with van der Waals surface area (Å²) in [6.07, 6.45) is 0.761. The monoisotopic (exact) mass is 398 g/mol.